The number of amides is 3. The first-order valence-electron chi connectivity index (χ1n) is 10.7. The van der Waals surface area contributed by atoms with Crippen molar-refractivity contribution < 1.29 is 23.9 Å². The molecule has 32 heavy (non-hydrogen) atoms. The van der Waals surface area contributed by atoms with Crippen LogP contribution in [0.3, 0.4) is 0 Å². The number of hydrogen-bond donors (Lipinski definition) is 4. The van der Waals surface area contributed by atoms with Crippen molar-refractivity contribution in [2.75, 3.05) is 19.8 Å². The standard InChI is InChI=1S/C21H35N3O5S.C2H6/c1-7-9-10-16(8-2)22-18(26)14-28-15-19(27)23-20(3,4)11-12-29-21(5,6)13-17(25)24-30;1-2/h7-10,30H,2,11-15H2,1,3-6H3,(H,22,26)(H,23,27)(H,24,25);1-2H3/b9-7-,16-10+;. The summed E-state index contributed by atoms with van der Waals surface area (Å²) < 4.78 is 13.2. The third kappa shape index (κ3) is 17.6. The topological polar surface area (TPSA) is 106 Å². The number of ether oxygens (including phenoxy) is 2. The molecule has 9 heteroatoms. The lowest BCUT2D eigenvalue weighted by Crippen LogP contribution is -2.46. The Morgan fingerprint density at radius 2 is 1.62 bits per heavy atom. The van der Waals surface area contributed by atoms with Gasteiger partial charge in [-0.1, -0.05) is 45.4 Å². The Morgan fingerprint density at radius 3 is 2.16 bits per heavy atom. The molecule has 0 saturated carbocycles. The molecule has 0 rings (SSSR count). The number of thiol groups is 1. The molecule has 0 bridgehead atoms. The zero-order valence-electron chi connectivity index (χ0n) is 20.5. The fraction of sp³-hybridized carbons (Fsp3) is 0.609. The summed E-state index contributed by atoms with van der Waals surface area (Å²) in [4.78, 5) is 35.4. The lowest BCUT2D eigenvalue weighted by molar-refractivity contribution is -0.131. The van der Waals surface area contributed by atoms with Gasteiger partial charge in [0.1, 0.15) is 13.2 Å². The second kappa shape index (κ2) is 17.5. The van der Waals surface area contributed by atoms with Crippen LogP contribution in [0.15, 0.2) is 36.6 Å². The Balaban J connectivity index is 0. The van der Waals surface area contributed by atoms with E-state index in [1.807, 2.05) is 54.5 Å². The Bertz CT molecular complexity index is 658. The SMILES string of the molecule is C=C/C(=C\C=C/C)NC(=O)COCC(=O)NC(C)(C)CCOC(C)(C)CC(=O)NS.CC. The van der Waals surface area contributed by atoms with E-state index in [2.05, 4.69) is 34.7 Å². The highest BCUT2D eigenvalue weighted by molar-refractivity contribution is 7.78. The maximum atomic E-state index is 12.1. The van der Waals surface area contributed by atoms with Crippen molar-refractivity contribution in [3.05, 3.63) is 36.6 Å². The molecule has 0 saturated heterocycles. The Morgan fingerprint density at radius 1 is 1.03 bits per heavy atom. The number of hydrogen-bond acceptors (Lipinski definition) is 6. The van der Waals surface area contributed by atoms with Crippen molar-refractivity contribution in [1.82, 2.24) is 15.4 Å². The van der Waals surface area contributed by atoms with E-state index in [0.717, 1.165) is 0 Å². The minimum atomic E-state index is -0.644. The molecule has 3 amide bonds. The monoisotopic (exact) mass is 471 g/mol. The van der Waals surface area contributed by atoms with Gasteiger partial charge in [0, 0.05) is 17.8 Å². The first-order valence-corrected chi connectivity index (χ1v) is 11.1. The number of carbonyl (C=O) groups excluding carboxylic acids is 3. The molecule has 0 aliphatic rings. The predicted octanol–water partition coefficient (Wildman–Crippen LogP) is 3.22. The number of rotatable bonds is 14. The van der Waals surface area contributed by atoms with Crippen LogP contribution in [0.5, 0.6) is 0 Å². The zero-order chi connectivity index (χ0) is 25.2. The third-order valence-electron chi connectivity index (χ3n) is 3.85. The molecule has 0 heterocycles. The van der Waals surface area contributed by atoms with E-state index in [4.69, 9.17) is 9.47 Å². The first kappa shape index (κ1) is 32.1. The van der Waals surface area contributed by atoms with Crippen molar-refractivity contribution in [1.29, 1.82) is 0 Å². The van der Waals surface area contributed by atoms with Crippen LogP contribution < -0.4 is 15.4 Å². The van der Waals surface area contributed by atoms with Gasteiger partial charge in [0.2, 0.25) is 17.7 Å². The first-order chi connectivity index (χ1) is 14.9. The van der Waals surface area contributed by atoms with Crippen LogP contribution in [-0.2, 0) is 23.9 Å². The van der Waals surface area contributed by atoms with Crippen molar-refractivity contribution in [3.63, 3.8) is 0 Å². The van der Waals surface area contributed by atoms with Gasteiger partial charge in [-0.15, -0.1) is 0 Å². The van der Waals surface area contributed by atoms with Crippen LogP contribution in [-0.4, -0.2) is 48.7 Å². The molecule has 0 fully saturated rings. The second-order valence-corrected chi connectivity index (χ2v) is 8.12. The zero-order valence-corrected chi connectivity index (χ0v) is 21.4. The molecular formula is C23H41N3O5S. The second-order valence-electron chi connectivity index (χ2n) is 7.89. The molecule has 0 atom stereocenters. The van der Waals surface area contributed by atoms with Crippen molar-refractivity contribution in [2.45, 2.75) is 72.4 Å². The van der Waals surface area contributed by atoms with Gasteiger partial charge < -0.3 is 24.8 Å². The minimum Gasteiger partial charge on any atom is -0.375 e. The van der Waals surface area contributed by atoms with Gasteiger partial charge in [-0.2, -0.15) is 0 Å². The predicted molar refractivity (Wildman–Crippen MR) is 132 cm³/mol. The van der Waals surface area contributed by atoms with Gasteiger partial charge in [0.05, 0.1) is 12.0 Å². The molecule has 8 nitrogen and oxygen atoms in total. The largest absolute Gasteiger partial charge is 0.375 e. The van der Waals surface area contributed by atoms with Gasteiger partial charge >= 0.3 is 0 Å². The van der Waals surface area contributed by atoms with Crippen LogP contribution >= 0.6 is 12.8 Å². The summed E-state index contributed by atoms with van der Waals surface area (Å²) >= 11 is 3.73. The quantitative estimate of drug-likeness (QED) is 0.230. The molecule has 0 aromatic rings. The van der Waals surface area contributed by atoms with Gasteiger partial charge in [0.15, 0.2) is 0 Å². The summed E-state index contributed by atoms with van der Waals surface area (Å²) in [7, 11) is 0. The van der Waals surface area contributed by atoms with E-state index in [1.165, 1.54) is 6.08 Å². The van der Waals surface area contributed by atoms with E-state index in [9.17, 15) is 14.4 Å². The average molecular weight is 472 g/mol. The molecular weight excluding hydrogens is 430 g/mol. The number of carbonyl (C=O) groups is 3. The molecule has 0 aromatic carbocycles. The van der Waals surface area contributed by atoms with Crippen molar-refractivity contribution in [3.8, 4) is 0 Å². The van der Waals surface area contributed by atoms with Crippen molar-refractivity contribution in [2.24, 2.45) is 0 Å². The van der Waals surface area contributed by atoms with Gasteiger partial charge in [-0.05, 0) is 53.2 Å². The minimum absolute atomic E-state index is 0.177. The Hall–Kier alpha value is -2.10. The van der Waals surface area contributed by atoms with E-state index < -0.39 is 11.1 Å². The summed E-state index contributed by atoms with van der Waals surface area (Å²) in [5, 5.41) is 5.47. The summed E-state index contributed by atoms with van der Waals surface area (Å²) in [5.41, 5.74) is -0.646. The molecule has 0 spiro atoms. The van der Waals surface area contributed by atoms with Crippen LogP contribution in [0, 0.1) is 0 Å². The maximum absolute atomic E-state index is 12.1. The van der Waals surface area contributed by atoms with E-state index in [-0.39, 0.29) is 37.4 Å². The van der Waals surface area contributed by atoms with Gasteiger partial charge in [-0.3, -0.25) is 14.4 Å². The van der Waals surface area contributed by atoms with Crippen LogP contribution in [0.1, 0.15) is 61.3 Å². The molecule has 0 aliphatic heterocycles. The number of nitrogens with one attached hydrogen (secondary N) is 3. The molecule has 184 valence electrons. The fourth-order valence-corrected chi connectivity index (χ4v) is 2.41. The van der Waals surface area contributed by atoms with Gasteiger partial charge in [0.25, 0.3) is 0 Å². The lowest BCUT2D eigenvalue weighted by atomic mass is 10.0. The number of allylic oxidation sites excluding steroid dienone is 4. The smallest absolute Gasteiger partial charge is 0.250 e. The van der Waals surface area contributed by atoms with E-state index >= 15 is 0 Å². The van der Waals surface area contributed by atoms with Crippen LogP contribution in [0.25, 0.3) is 0 Å². The molecule has 0 unspecified atom stereocenters. The van der Waals surface area contributed by atoms with E-state index in [0.29, 0.717) is 18.7 Å². The Kier molecular flexibility index (Phi) is 17.5. The highest BCUT2D eigenvalue weighted by atomic mass is 32.1. The van der Waals surface area contributed by atoms with Crippen LogP contribution in [0.2, 0.25) is 0 Å². The highest BCUT2D eigenvalue weighted by Crippen LogP contribution is 2.17. The van der Waals surface area contributed by atoms with Crippen LogP contribution in [0.4, 0.5) is 0 Å². The highest BCUT2D eigenvalue weighted by Gasteiger charge is 2.25. The van der Waals surface area contributed by atoms with Crippen molar-refractivity contribution >= 4 is 30.5 Å². The molecule has 0 aliphatic carbocycles. The average Bonchev–Trinajstić information content (AvgIpc) is 2.71. The summed E-state index contributed by atoms with van der Waals surface area (Å²) in [6, 6.07) is 0. The summed E-state index contributed by atoms with van der Waals surface area (Å²) in [6.45, 7) is 16.7. The summed E-state index contributed by atoms with van der Waals surface area (Å²) in [6.07, 6.45) is 7.52. The Labute approximate surface area is 198 Å². The molecule has 3 N–H and O–H groups in total. The third-order valence-corrected chi connectivity index (χ3v) is 4.10. The normalized spacial score (nSPS) is 11.9. The van der Waals surface area contributed by atoms with Gasteiger partial charge in [-0.25, -0.2) is 0 Å². The molecule has 0 radical (unpaired) electrons. The lowest BCUT2D eigenvalue weighted by Gasteiger charge is -2.29. The fourth-order valence-electron chi connectivity index (χ4n) is 2.33. The van der Waals surface area contributed by atoms with E-state index in [1.54, 1.807) is 12.2 Å². The maximum Gasteiger partial charge on any atom is 0.250 e. The molecule has 0 aromatic heterocycles. The summed E-state index contributed by atoms with van der Waals surface area (Å²) in [5.74, 6) is -0.942.